The summed E-state index contributed by atoms with van der Waals surface area (Å²) >= 11 is 1.78. The van der Waals surface area contributed by atoms with Crippen LogP contribution in [-0.2, 0) is 6.42 Å². The van der Waals surface area contributed by atoms with Crippen LogP contribution in [0.1, 0.15) is 21.8 Å². The minimum absolute atomic E-state index is 0.894. The van der Waals surface area contributed by atoms with Crippen molar-refractivity contribution in [2.24, 2.45) is 0 Å². The molecule has 0 aliphatic carbocycles. The molecule has 0 atom stereocenters. The highest BCUT2D eigenvalue weighted by Crippen LogP contribution is 2.20. The van der Waals surface area contributed by atoms with Gasteiger partial charge in [0, 0.05) is 11.3 Å². The fourth-order valence-corrected chi connectivity index (χ4v) is 2.89. The smallest absolute Gasteiger partial charge is 0.112 e. The summed E-state index contributed by atoms with van der Waals surface area (Å²) in [5.41, 5.74) is 4.77. The van der Waals surface area contributed by atoms with Crippen LogP contribution >= 0.6 is 11.3 Å². The third kappa shape index (κ3) is 1.98. The van der Waals surface area contributed by atoms with Crippen LogP contribution in [0.2, 0.25) is 0 Å². The molecule has 0 aliphatic rings. The Balaban J connectivity index is 2.05. The second-order valence-electron chi connectivity index (χ2n) is 4.42. The minimum atomic E-state index is 0.894. The van der Waals surface area contributed by atoms with Gasteiger partial charge in [-0.15, -0.1) is 11.3 Å². The third-order valence-electron chi connectivity index (χ3n) is 2.89. The molecule has 0 spiro atoms. The largest absolute Gasteiger partial charge is 0.342 e. The molecule has 0 amide bonds. The van der Waals surface area contributed by atoms with Crippen molar-refractivity contribution in [3.8, 4) is 0 Å². The number of H-pyrrole nitrogens is 1. The molecule has 17 heavy (non-hydrogen) atoms. The van der Waals surface area contributed by atoms with Crippen LogP contribution in [0.5, 0.6) is 0 Å². The molecule has 0 aliphatic heterocycles. The summed E-state index contributed by atoms with van der Waals surface area (Å²) in [7, 11) is 0. The van der Waals surface area contributed by atoms with E-state index in [2.05, 4.69) is 53.5 Å². The van der Waals surface area contributed by atoms with E-state index < -0.39 is 0 Å². The van der Waals surface area contributed by atoms with Crippen molar-refractivity contribution in [3.63, 3.8) is 0 Å². The number of aryl methyl sites for hydroxylation is 2. The van der Waals surface area contributed by atoms with Crippen molar-refractivity contribution >= 4 is 22.4 Å². The van der Waals surface area contributed by atoms with Crippen LogP contribution in [-0.4, -0.2) is 9.97 Å². The number of fused-ring (bicyclic) bond motifs is 1. The van der Waals surface area contributed by atoms with Gasteiger partial charge in [0.1, 0.15) is 5.82 Å². The van der Waals surface area contributed by atoms with Gasteiger partial charge in [0.15, 0.2) is 0 Å². The van der Waals surface area contributed by atoms with Crippen LogP contribution in [0.15, 0.2) is 29.6 Å². The molecule has 0 radical (unpaired) electrons. The molecule has 1 aromatic carbocycles. The van der Waals surface area contributed by atoms with Crippen molar-refractivity contribution in [1.82, 2.24) is 9.97 Å². The van der Waals surface area contributed by atoms with Crippen LogP contribution in [0, 0.1) is 13.8 Å². The highest BCUT2D eigenvalue weighted by molar-refractivity contribution is 7.09. The second kappa shape index (κ2) is 4.00. The van der Waals surface area contributed by atoms with E-state index in [0.29, 0.717) is 0 Å². The lowest BCUT2D eigenvalue weighted by molar-refractivity contribution is 1.06. The van der Waals surface area contributed by atoms with E-state index in [1.807, 2.05) is 0 Å². The van der Waals surface area contributed by atoms with Crippen LogP contribution in [0.25, 0.3) is 11.0 Å². The molecule has 0 saturated carbocycles. The quantitative estimate of drug-likeness (QED) is 0.727. The summed E-state index contributed by atoms with van der Waals surface area (Å²) in [6.07, 6.45) is 0.894. The Morgan fingerprint density at radius 2 is 2.18 bits per heavy atom. The molecule has 3 heteroatoms. The number of benzene rings is 1. The molecule has 0 fully saturated rings. The lowest BCUT2D eigenvalue weighted by atomic mass is 10.1. The van der Waals surface area contributed by atoms with Crippen LogP contribution < -0.4 is 0 Å². The van der Waals surface area contributed by atoms with E-state index >= 15 is 0 Å². The topological polar surface area (TPSA) is 28.7 Å². The zero-order valence-corrected chi connectivity index (χ0v) is 10.8. The van der Waals surface area contributed by atoms with Crippen LogP contribution in [0.4, 0.5) is 0 Å². The zero-order valence-electron chi connectivity index (χ0n) is 9.95. The Morgan fingerprint density at radius 1 is 1.29 bits per heavy atom. The summed E-state index contributed by atoms with van der Waals surface area (Å²) in [6, 6.07) is 8.57. The molecule has 3 aromatic rings. The maximum Gasteiger partial charge on any atom is 0.112 e. The zero-order chi connectivity index (χ0) is 11.8. The van der Waals surface area contributed by atoms with Gasteiger partial charge in [0.05, 0.1) is 11.0 Å². The first-order chi connectivity index (χ1) is 8.22. The Morgan fingerprint density at radius 3 is 2.94 bits per heavy atom. The van der Waals surface area contributed by atoms with Crippen molar-refractivity contribution in [1.29, 1.82) is 0 Å². The predicted molar refractivity (Wildman–Crippen MR) is 72.7 cm³/mol. The highest BCUT2D eigenvalue weighted by Gasteiger charge is 2.07. The number of nitrogens with one attached hydrogen (secondary N) is 1. The van der Waals surface area contributed by atoms with Crippen molar-refractivity contribution in [3.05, 3.63) is 51.5 Å². The Labute approximate surface area is 104 Å². The van der Waals surface area contributed by atoms with Gasteiger partial charge in [0.2, 0.25) is 0 Å². The Bertz CT molecular complexity index is 650. The van der Waals surface area contributed by atoms with Gasteiger partial charge >= 0.3 is 0 Å². The standard InChI is InChI=1S/C14H14N2S/c1-9-6-10(2)14-12(7-9)15-13(16-14)8-11-4-3-5-17-11/h3-7H,8H2,1-2H3,(H,15,16). The van der Waals surface area contributed by atoms with E-state index in [1.54, 1.807) is 11.3 Å². The molecule has 1 N–H and O–H groups in total. The molecule has 2 nitrogen and oxygen atoms in total. The summed E-state index contributed by atoms with van der Waals surface area (Å²) < 4.78 is 0. The van der Waals surface area contributed by atoms with E-state index in [9.17, 15) is 0 Å². The third-order valence-corrected chi connectivity index (χ3v) is 3.77. The minimum Gasteiger partial charge on any atom is -0.342 e. The van der Waals surface area contributed by atoms with Gasteiger partial charge < -0.3 is 4.98 Å². The molecule has 0 bridgehead atoms. The highest BCUT2D eigenvalue weighted by atomic mass is 32.1. The lowest BCUT2D eigenvalue weighted by Gasteiger charge is -1.96. The number of rotatable bonds is 2. The van der Waals surface area contributed by atoms with Gasteiger partial charge in [0.25, 0.3) is 0 Å². The molecule has 2 aromatic heterocycles. The second-order valence-corrected chi connectivity index (χ2v) is 5.45. The van der Waals surface area contributed by atoms with Gasteiger partial charge in [-0.25, -0.2) is 4.98 Å². The van der Waals surface area contributed by atoms with Crippen molar-refractivity contribution in [2.75, 3.05) is 0 Å². The van der Waals surface area contributed by atoms with Crippen molar-refractivity contribution < 1.29 is 0 Å². The summed E-state index contributed by atoms with van der Waals surface area (Å²) in [5.74, 6) is 1.05. The van der Waals surface area contributed by atoms with E-state index in [1.165, 1.54) is 16.0 Å². The van der Waals surface area contributed by atoms with E-state index in [4.69, 9.17) is 0 Å². The normalized spacial score (nSPS) is 11.2. The van der Waals surface area contributed by atoms with E-state index in [0.717, 1.165) is 23.3 Å². The Kier molecular flexibility index (Phi) is 2.48. The summed E-state index contributed by atoms with van der Waals surface area (Å²) in [6.45, 7) is 4.23. The number of aromatic nitrogens is 2. The first-order valence-electron chi connectivity index (χ1n) is 5.70. The number of imidazole rings is 1. The van der Waals surface area contributed by atoms with Crippen molar-refractivity contribution in [2.45, 2.75) is 20.3 Å². The molecule has 0 saturated heterocycles. The average Bonchev–Trinajstić information content (AvgIpc) is 2.87. The van der Waals surface area contributed by atoms with Gasteiger partial charge in [-0.1, -0.05) is 12.1 Å². The van der Waals surface area contributed by atoms with Gasteiger partial charge in [-0.2, -0.15) is 0 Å². The first kappa shape index (κ1) is 10.5. The predicted octanol–water partition coefficient (Wildman–Crippen LogP) is 3.83. The van der Waals surface area contributed by atoms with Gasteiger partial charge in [-0.3, -0.25) is 0 Å². The van der Waals surface area contributed by atoms with Crippen LogP contribution in [0.3, 0.4) is 0 Å². The first-order valence-corrected chi connectivity index (χ1v) is 6.58. The molecule has 0 unspecified atom stereocenters. The number of hydrogen-bond donors (Lipinski definition) is 1. The number of nitrogens with zero attached hydrogens (tertiary/aromatic N) is 1. The fraction of sp³-hybridized carbons (Fsp3) is 0.214. The average molecular weight is 242 g/mol. The number of aromatic amines is 1. The summed E-state index contributed by atoms with van der Waals surface area (Å²) in [5, 5.41) is 2.10. The Hall–Kier alpha value is -1.61. The maximum absolute atomic E-state index is 4.68. The monoisotopic (exact) mass is 242 g/mol. The molecular formula is C14H14N2S. The number of thiophene rings is 1. The lowest BCUT2D eigenvalue weighted by Crippen LogP contribution is -1.86. The SMILES string of the molecule is Cc1cc(C)c2nc(Cc3cccs3)[nH]c2c1. The van der Waals surface area contributed by atoms with E-state index in [-0.39, 0.29) is 0 Å². The molecule has 86 valence electrons. The maximum atomic E-state index is 4.68. The molecule has 3 rings (SSSR count). The molecular weight excluding hydrogens is 228 g/mol. The fourth-order valence-electron chi connectivity index (χ4n) is 2.18. The van der Waals surface area contributed by atoms with Gasteiger partial charge in [-0.05, 0) is 42.5 Å². The molecule has 2 heterocycles. The number of hydrogen-bond acceptors (Lipinski definition) is 2. The summed E-state index contributed by atoms with van der Waals surface area (Å²) in [4.78, 5) is 9.44.